The van der Waals surface area contributed by atoms with Gasteiger partial charge in [0.15, 0.2) is 5.96 Å². The van der Waals surface area contributed by atoms with E-state index in [0.717, 1.165) is 17.8 Å². The number of hydrogen-bond acceptors (Lipinski definition) is 5. The summed E-state index contributed by atoms with van der Waals surface area (Å²) in [7, 11) is 1.59. The zero-order chi connectivity index (χ0) is 17.4. The van der Waals surface area contributed by atoms with Gasteiger partial charge in [0.25, 0.3) is 0 Å². The van der Waals surface area contributed by atoms with Gasteiger partial charge in [-0.25, -0.2) is 9.98 Å². The first-order chi connectivity index (χ1) is 11.5. The molecule has 1 unspecified atom stereocenters. The number of methoxy groups -OCH3 is 1. The molecule has 25 heavy (non-hydrogen) atoms. The molecule has 0 bridgehead atoms. The Balaban J connectivity index is 0.00000312. The lowest BCUT2D eigenvalue weighted by atomic mass is 9.99. The van der Waals surface area contributed by atoms with Crippen LogP contribution < -0.4 is 15.4 Å². The van der Waals surface area contributed by atoms with Crippen LogP contribution in [0.3, 0.4) is 0 Å². The van der Waals surface area contributed by atoms with E-state index in [9.17, 15) is 5.11 Å². The van der Waals surface area contributed by atoms with Gasteiger partial charge in [-0.2, -0.15) is 11.3 Å². The molecule has 0 spiro atoms. The number of nitrogens with one attached hydrogen (secondary N) is 2. The second-order valence-electron chi connectivity index (χ2n) is 5.51. The molecule has 0 amide bonds. The highest BCUT2D eigenvalue weighted by Crippen LogP contribution is 2.21. The van der Waals surface area contributed by atoms with Gasteiger partial charge in [0, 0.05) is 12.6 Å². The molecule has 0 fully saturated rings. The first-order valence-corrected chi connectivity index (χ1v) is 8.76. The highest BCUT2D eigenvalue weighted by Gasteiger charge is 2.23. The Bertz CT molecular complexity index is 662. The number of pyridine rings is 1. The minimum atomic E-state index is -0.954. The van der Waals surface area contributed by atoms with E-state index in [1.807, 2.05) is 35.9 Å². The molecule has 6 nitrogen and oxygen atoms in total. The molecule has 0 radical (unpaired) electrons. The molecule has 0 aliphatic rings. The SMILES string of the molecule is CCNC(=NCc1cccc(OC)n1)NCC(C)(O)c1ccsc1.I. The molecule has 2 heterocycles. The molecule has 1 atom stereocenters. The number of aromatic nitrogens is 1. The lowest BCUT2D eigenvalue weighted by molar-refractivity contribution is 0.0621. The van der Waals surface area contributed by atoms with Crippen LogP contribution in [-0.2, 0) is 12.1 Å². The number of rotatable bonds is 7. The van der Waals surface area contributed by atoms with Crippen LogP contribution >= 0.6 is 35.3 Å². The van der Waals surface area contributed by atoms with Gasteiger partial charge in [0.2, 0.25) is 5.88 Å². The molecule has 138 valence electrons. The fourth-order valence-electron chi connectivity index (χ4n) is 2.09. The Labute approximate surface area is 169 Å². The van der Waals surface area contributed by atoms with E-state index < -0.39 is 5.60 Å². The van der Waals surface area contributed by atoms with Crippen LogP contribution in [0, 0.1) is 0 Å². The Morgan fingerprint density at radius 2 is 2.16 bits per heavy atom. The van der Waals surface area contributed by atoms with E-state index in [2.05, 4.69) is 20.6 Å². The molecule has 0 aliphatic heterocycles. The maximum absolute atomic E-state index is 10.6. The Morgan fingerprint density at radius 3 is 2.80 bits per heavy atom. The van der Waals surface area contributed by atoms with Gasteiger partial charge in [-0.05, 0) is 42.3 Å². The number of hydrogen-bond donors (Lipinski definition) is 3. The molecular weight excluding hydrogens is 451 g/mol. The molecular formula is C17H25IN4O2S. The summed E-state index contributed by atoms with van der Waals surface area (Å²) in [6, 6.07) is 7.51. The first kappa shape index (κ1) is 21.7. The van der Waals surface area contributed by atoms with Gasteiger partial charge in [0.1, 0.15) is 5.60 Å². The quantitative estimate of drug-likeness (QED) is 0.326. The van der Waals surface area contributed by atoms with E-state index in [1.165, 1.54) is 0 Å². The summed E-state index contributed by atoms with van der Waals surface area (Å²) < 4.78 is 5.12. The molecule has 8 heteroatoms. The normalized spacial score (nSPS) is 13.5. The maximum atomic E-state index is 10.6. The number of guanidine groups is 1. The Morgan fingerprint density at radius 1 is 1.36 bits per heavy atom. The summed E-state index contributed by atoms with van der Waals surface area (Å²) in [5, 5.41) is 20.8. The number of halogens is 1. The van der Waals surface area contributed by atoms with Crippen molar-refractivity contribution in [1.82, 2.24) is 15.6 Å². The maximum Gasteiger partial charge on any atom is 0.213 e. The number of ether oxygens (including phenoxy) is 1. The molecule has 0 aliphatic carbocycles. The monoisotopic (exact) mass is 476 g/mol. The smallest absolute Gasteiger partial charge is 0.213 e. The topological polar surface area (TPSA) is 78.8 Å². The van der Waals surface area contributed by atoms with Crippen molar-refractivity contribution >= 4 is 41.3 Å². The van der Waals surface area contributed by atoms with Crippen molar-refractivity contribution in [2.75, 3.05) is 20.2 Å². The summed E-state index contributed by atoms with van der Waals surface area (Å²) in [6.07, 6.45) is 0. The number of aliphatic hydroxyl groups is 1. The molecule has 3 N–H and O–H groups in total. The number of aliphatic imine (C=N–C) groups is 1. The van der Waals surface area contributed by atoms with Crippen LogP contribution in [0.15, 0.2) is 40.0 Å². The summed E-state index contributed by atoms with van der Waals surface area (Å²) >= 11 is 1.57. The highest BCUT2D eigenvalue weighted by atomic mass is 127. The van der Waals surface area contributed by atoms with Crippen molar-refractivity contribution in [1.29, 1.82) is 0 Å². The second-order valence-corrected chi connectivity index (χ2v) is 6.29. The minimum Gasteiger partial charge on any atom is -0.481 e. The van der Waals surface area contributed by atoms with Crippen molar-refractivity contribution in [2.24, 2.45) is 4.99 Å². The molecule has 2 aromatic rings. The van der Waals surface area contributed by atoms with E-state index >= 15 is 0 Å². The minimum absolute atomic E-state index is 0. The van der Waals surface area contributed by atoms with Crippen LogP contribution in [0.4, 0.5) is 0 Å². The zero-order valence-corrected chi connectivity index (χ0v) is 17.8. The van der Waals surface area contributed by atoms with Crippen LogP contribution in [0.25, 0.3) is 0 Å². The molecule has 0 saturated carbocycles. The van der Waals surface area contributed by atoms with Gasteiger partial charge >= 0.3 is 0 Å². The predicted octanol–water partition coefficient (Wildman–Crippen LogP) is 2.73. The third-order valence-electron chi connectivity index (χ3n) is 3.48. The number of thiophene rings is 1. The Hall–Kier alpha value is -1.39. The van der Waals surface area contributed by atoms with Gasteiger partial charge in [-0.15, -0.1) is 24.0 Å². The first-order valence-electron chi connectivity index (χ1n) is 7.82. The van der Waals surface area contributed by atoms with Gasteiger partial charge < -0.3 is 20.5 Å². The summed E-state index contributed by atoms with van der Waals surface area (Å²) in [4.78, 5) is 8.85. The van der Waals surface area contributed by atoms with E-state index in [0.29, 0.717) is 24.9 Å². The largest absolute Gasteiger partial charge is 0.481 e. The summed E-state index contributed by atoms with van der Waals surface area (Å²) in [5.41, 5.74) is 0.756. The van der Waals surface area contributed by atoms with Gasteiger partial charge in [0.05, 0.1) is 25.9 Å². The molecule has 2 aromatic heterocycles. The zero-order valence-electron chi connectivity index (χ0n) is 14.7. The molecule has 0 saturated heterocycles. The van der Waals surface area contributed by atoms with E-state index in [4.69, 9.17) is 4.74 Å². The van der Waals surface area contributed by atoms with Crippen molar-refractivity contribution in [2.45, 2.75) is 26.0 Å². The lowest BCUT2D eigenvalue weighted by Gasteiger charge is -2.24. The third kappa shape index (κ3) is 6.79. The van der Waals surface area contributed by atoms with E-state index in [1.54, 1.807) is 31.4 Å². The van der Waals surface area contributed by atoms with Crippen LogP contribution in [0.2, 0.25) is 0 Å². The average Bonchev–Trinajstić information content (AvgIpc) is 3.13. The van der Waals surface area contributed by atoms with Crippen molar-refractivity contribution in [3.63, 3.8) is 0 Å². The lowest BCUT2D eigenvalue weighted by Crippen LogP contribution is -2.44. The van der Waals surface area contributed by atoms with Crippen molar-refractivity contribution in [3.05, 3.63) is 46.3 Å². The van der Waals surface area contributed by atoms with Crippen LogP contribution in [0.1, 0.15) is 25.1 Å². The van der Waals surface area contributed by atoms with Crippen molar-refractivity contribution in [3.8, 4) is 5.88 Å². The average molecular weight is 476 g/mol. The third-order valence-corrected chi connectivity index (χ3v) is 4.16. The summed E-state index contributed by atoms with van der Waals surface area (Å²) in [5.74, 6) is 1.21. The van der Waals surface area contributed by atoms with E-state index in [-0.39, 0.29) is 24.0 Å². The molecule has 0 aromatic carbocycles. The van der Waals surface area contributed by atoms with Crippen LogP contribution in [0.5, 0.6) is 5.88 Å². The second kappa shape index (κ2) is 10.6. The van der Waals surface area contributed by atoms with Crippen LogP contribution in [-0.4, -0.2) is 36.2 Å². The Kier molecular flexibility index (Phi) is 9.15. The number of nitrogens with zero attached hydrogens (tertiary/aromatic N) is 2. The standard InChI is InChI=1S/C17H24N4O2S.HI/c1-4-18-16(19-10-14-6-5-7-15(21-14)23-3)20-12-17(2,22)13-8-9-24-11-13;/h5-9,11,22H,4,10,12H2,1-3H3,(H2,18,19,20);1H. The van der Waals surface area contributed by atoms with Crippen molar-refractivity contribution < 1.29 is 9.84 Å². The highest BCUT2D eigenvalue weighted by molar-refractivity contribution is 14.0. The fraction of sp³-hybridized carbons (Fsp3) is 0.412. The summed E-state index contributed by atoms with van der Waals surface area (Å²) in [6.45, 7) is 5.31. The predicted molar refractivity (Wildman–Crippen MR) is 113 cm³/mol. The molecule has 2 rings (SSSR count). The van der Waals surface area contributed by atoms with Gasteiger partial charge in [-0.3, -0.25) is 0 Å². The van der Waals surface area contributed by atoms with Gasteiger partial charge in [-0.1, -0.05) is 6.07 Å². The fourth-order valence-corrected chi connectivity index (χ4v) is 2.87.